The molecule has 0 aromatic rings. The highest BCUT2D eigenvalue weighted by Crippen LogP contribution is 2.34. The highest BCUT2D eigenvalue weighted by Gasteiger charge is 2.42. The fraction of sp³-hybridized carbons (Fsp3) is 0.909. The molecule has 3 saturated heterocycles. The van der Waals surface area contributed by atoms with E-state index in [0.29, 0.717) is 12.2 Å². The van der Waals surface area contributed by atoms with Crippen molar-refractivity contribution in [2.45, 2.75) is 56.4 Å². The Bertz CT molecular complexity index is 263. The topological polar surface area (TPSA) is 50.4 Å². The minimum absolute atomic E-state index is 0.0455. The Hall–Kier alpha value is -0.610. The maximum Gasteiger partial charge on any atom is 0.237 e. The van der Waals surface area contributed by atoms with Crippen molar-refractivity contribution < 1.29 is 9.53 Å². The Morgan fingerprint density at radius 2 is 2.27 bits per heavy atom. The van der Waals surface area contributed by atoms with Crippen molar-refractivity contribution in [3.05, 3.63) is 0 Å². The number of amides is 1. The molecule has 84 valence electrons. The minimum Gasteiger partial charge on any atom is -0.373 e. The van der Waals surface area contributed by atoms with Crippen molar-refractivity contribution in [1.82, 2.24) is 10.6 Å². The molecule has 2 N–H and O–H groups in total. The first-order valence-corrected chi connectivity index (χ1v) is 6.02. The van der Waals surface area contributed by atoms with Crippen LogP contribution in [0, 0.1) is 0 Å². The van der Waals surface area contributed by atoms with Crippen LogP contribution in [-0.2, 0) is 9.53 Å². The number of hydrogen-bond donors (Lipinski definition) is 2. The third kappa shape index (κ3) is 1.76. The van der Waals surface area contributed by atoms with Crippen LogP contribution in [0.4, 0.5) is 0 Å². The summed E-state index contributed by atoms with van der Waals surface area (Å²) in [4.78, 5) is 11.8. The molecular weight excluding hydrogens is 192 g/mol. The third-order valence-corrected chi connectivity index (χ3v) is 3.81. The van der Waals surface area contributed by atoms with Gasteiger partial charge in [0.1, 0.15) is 0 Å². The van der Waals surface area contributed by atoms with E-state index in [0.717, 1.165) is 32.2 Å². The molecule has 1 unspecified atom stereocenters. The Morgan fingerprint density at radius 3 is 2.87 bits per heavy atom. The molecule has 0 saturated carbocycles. The van der Waals surface area contributed by atoms with Crippen LogP contribution in [0.1, 0.15) is 32.1 Å². The normalized spacial score (nSPS) is 43.5. The van der Waals surface area contributed by atoms with Gasteiger partial charge in [0.15, 0.2) is 0 Å². The van der Waals surface area contributed by atoms with Crippen LogP contribution in [0.5, 0.6) is 0 Å². The van der Waals surface area contributed by atoms with Gasteiger partial charge in [-0.1, -0.05) is 0 Å². The zero-order chi connectivity index (χ0) is 10.3. The fourth-order valence-corrected chi connectivity index (χ4v) is 2.98. The molecule has 4 nitrogen and oxygen atoms in total. The van der Waals surface area contributed by atoms with Crippen LogP contribution in [0.2, 0.25) is 0 Å². The predicted octanol–water partition coefficient (Wildman–Crippen LogP) is 0.174. The lowest BCUT2D eigenvalue weighted by Crippen LogP contribution is -2.48. The summed E-state index contributed by atoms with van der Waals surface area (Å²) < 4.78 is 5.71. The SMILES string of the molecule is O=C(N[C@@H]1C[C@H]2CC[C@@H]1O2)C1CCCN1. The Morgan fingerprint density at radius 1 is 1.33 bits per heavy atom. The van der Waals surface area contributed by atoms with E-state index in [1.165, 1.54) is 6.42 Å². The molecule has 3 aliphatic heterocycles. The number of fused-ring (bicyclic) bond motifs is 2. The molecule has 15 heavy (non-hydrogen) atoms. The summed E-state index contributed by atoms with van der Waals surface area (Å²) in [6.07, 6.45) is 6.12. The van der Waals surface area contributed by atoms with Gasteiger partial charge >= 0.3 is 0 Å². The standard InChI is InChI=1S/C11H18N2O2/c14-11(8-2-1-5-12-8)13-9-6-7-3-4-10(9)15-7/h7-10,12H,1-6H2,(H,13,14)/t7-,8?,9-,10+/m1/s1. The van der Waals surface area contributed by atoms with Crippen LogP contribution in [0.3, 0.4) is 0 Å². The Labute approximate surface area is 89.7 Å². The molecule has 0 spiro atoms. The van der Waals surface area contributed by atoms with Crippen molar-refractivity contribution in [3.63, 3.8) is 0 Å². The number of carbonyl (C=O) groups is 1. The van der Waals surface area contributed by atoms with Crippen molar-refractivity contribution >= 4 is 5.91 Å². The monoisotopic (exact) mass is 210 g/mol. The fourth-order valence-electron chi connectivity index (χ4n) is 2.98. The van der Waals surface area contributed by atoms with Crippen LogP contribution < -0.4 is 10.6 Å². The van der Waals surface area contributed by atoms with Crippen LogP contribution in [0.25, 0.3) is 0 Å². The lowest BCUT2D eigenvalue weighted by Gasteiger charge is -2.22. The van der Waals surface area contributed by atoms with E-state index in [4.69, 9.17) is 4.74 Å². The highest BCUT2D eigenvalue weighted by atomic mass is 16.5. The highest BCUT2D eigenvalue weighted by molar-refractivity contribution is 5.82. The molecule has 4 heteroatoms. The summed E-state index contributed by atoms with van der Waals surface area (Å²) in [6, 6.07) is 0.322. The van der Waals surface area contributed by atoms with E-state index in [1.807, 2.05) is 0 Å². The lowest BCUT2D eigenvalue weighted by atomic mass is 9.95. The molecule has 1 amide bonds. The maximum absolute atomic E-state index is 11.8. The van der Waals surface area contributed by atoms with Crippen molar-refractivity contribution in [2.75, 3.05) is 6.54 Å². The molecule has 2 bridgehead atoms. The largest absolute Gasteiger partial charge is 0.373 e. The van der Waals surface area contributed by atoms with Gasteiger partial charge in [0.05, 0.1) is 24.3 Å². The average molecular weight is 210 g/mol. The van der Waals surface area contributed by atoms with Gasteiger partial charge in [-0.2, -0.15) is 0 Å². The van der Waals surface area contributed by atoms with Crippen molar-refractivity contribution in [2.24, 2.45) is 0 Å². The van der Waals surface area contributed by atoms with Crippen molar-refractivity contribution in [1.29, 1.82) is 0 Å². The number of carbonyl (C=O) groups excluding carboxylic acids is 1. The molecule has 4 atom stereocenters. The van der Waals surface area contributed by atoms with Gasteiger partial charge in [-0.25, -0.2) is 0 Å². The third-order valence-electron chi connectivity index (χ3n) is 3.81. The second-order valence-corrected chi connectivity index (χ2v) is 4.87. The Balaban J connectivity index is 1.54. The van der Waals surface area contributed by atoms with E-state index >= 15 is 0 Å². The first-order valence-electron chi connectivity index (χ1n) is 6.02. The number of ether oxygens (including phenoxy) is 1. The van der Waals surface area contributed by atoms with E-state index in [-0.39, 0.29) is 18.0 Å². The lowest BCUT2D eigenvalue weighted by molar-refractivity contribution is -0.123. The first-order chi connectivity index (χ1) is 7.33. The predicted molar refractivity (Wildman–Crippen MR) is 55.5 cm³/mol. The zero-order valence-electron chi connectivity index (χ0n) is 8.87. The van der Waals surface area contributed by atoms with E-state index in [1.54, 1.807) is 0 Å². The minimum atomic E-state index is 0.0455. The first kappa shape index (κ1) is 9.60. The van der Waals surface area contributed by atoms with E-state index in [2.05, 4.69) is 10.6 Å². The molecule has 3 fully saturated rings. The summed E-state index contributed by atoms with van der Waals surface area (Å²) in [5.41, 5.74) is 0. The average Bonchev–Trinajstić information content (AvgIpc) is 2.95. The molecule has 0 radical (unpaired) electrons. The molecule has 0 aromatic carbocycles. The summed E-state index contributed by atoms with van der Waals surface area (Å²) in [7, 11) is 0. The maximum atomic E-state index is 11.8. The molecule has 3 heterocycles. The number of rotatable bonds is 2. The van der Waals surface area contributed by atoms with Crippen LogP contribution in [-0.4, -0.2) is 36.7 Å². The summed E-state index contributed by atoms with van der Waals surface area (Å²) in [5.74, 6) is 0.175. The summed E-state index contributed by atoms with van der Waals surface area (Å²) in [6.45, 7) is 0.977. The van der Waals surface area contributed by atoms with Gasteiger partial charge in [-0.3, -0.25) is 4.79 Å². The van der Waals surface area contributed by atoms with E-state index < -0.39 is 0 Å². The quantitative estimate of drug-likeness (QED) is 0.683. The van der Waals surface area contributed by atoms with Gasteiger partial charge in [0, 0.05) is 0 Å². The Kier molecular flexibility index (Phi) is 2.41. The van der Waals surface area contributed by atoms with Gasteiger partial charge in [0.2, 0.25) is 5.91 Å². The summed E-state index contributed by atoms with van der Waals surface area (Å²) >= 11 is 0. The van der Waals surface area contributed by atoms with Gasteiger partial charge < -0.3 is 15.4 Å². The number of hydrogen-bond acceptors (Lipinski definition) is 3. The summed E-state index contributed by atoms with van der Waals surface area (Å²) in [5, 5.41) is 6.35. The van der Waals surface area contributed by atoms with Gasteiger partial charge in [0.25, 0.3) is 0 Å². The smallest absolute Gasteiger partial charge is 0.237 e. The van der Waals surface area contributed by atoms with Gasteiger partial charge in [-0.05, 0) is 38.6 Å². The van der Waals surface area contributed by atoms with Crippen LogP contribution in [0.15, 0.2) is 0 Å². The zero-order valence-corrected chi connectivity index (χ0v) is 8.87. The second kappa shape index (κ2) is 3.76. The number of nitrogens with one attached hydrogen (secondary N) is 2. The van der Waals surface area contributed by atoms with Crippen LogP contribution >= 0.6 is 0 Å². The molecule has 0 aliphatic carbocycles. The van der Waals surface area contributed by atoms with Gasteiger partial charge in [-0.15, -0.1) is 0 Å². The molecule has 3 aliphatic rings. The molecule has 0 aromatic heterocycles. The van der Waals surface area contributed by atoms with Crippen molar-refractivity contribution in [3.8, 4) is 0 Å². The second-order valence-electron chi connectivity index (χ2n) is 4.87. The molecular formula is C11H18N2O2. The molecule has 3 rings (SSSR count). The van der Waals surface area contributed by atoms with E-state index in [9.17, 15) is 4.79 Å².